The first-order valence-corrected chi connectivity index (χ1v) is 8.35. The molecule has 0 bridgehead atoms. The van der Waals surface area contributed by atoms with E-state index in [4.69, 9.17) is 9.47 Å². The van der Waals surface area contributed by atoms with Gasteiger partial charge in [-0.1, -0.05) is 36.0 Å². The van der Waals surface area contributed by atoms with E-state index in [9.17, 15) is 9.59 Å². The van der Waals surface area contributed by atoms with Crippen LogP contribution in [0.5, 0.6) is 11.5 Å². The molecule has 1 aliphatic heterocycles. The number of thioether (sulfide) groups is 1. The second-order valence-electron chi connectivity index (χ2n) is 5.18. The minimum absolute atomic E-state index is 0.0256. The number of esters is 1. The number of hydrogen-bond acceptors (Lipinski definition) is 6. The predicted octanol–water partition coefficient (Wildman–Crippen LogP) is 3.58. The molecule has 0 spiro atoms. The first-order valence-electron chi connectivity index (χ1n) is 7.54. The number of carbonyl (C=O) groups excluding carboxylic acids is 2. The molecule has 0 saturated heterocycles. The first-order chi connectivity index (χ1) is 12.1. The summed E-state index contributed by atoms with van der Waals surface area (Å²) in [6.45, 7) is -0.242. The van der Waals surface area contributed by atoms with Crippen molar-refractivity contribution >= 4 is 29.6 Å². The van der Waals surface area contributed by atoms with Gasteiger partial charge in [0.05, 0.1) is 19.1 Å². The summed E-state index contributed by atoms with van der Waals surface area (Å²) in [6, 6.07) is 12.8. The molecule has 2 aromatic carbocycles. The number of carbonyl (C=O) groups is 2. The van der Waals surface area contributed by atoms with E-state index in [-0.39, 0.29) is 12.4 Å². The van der Waals surface area contributed by atoms with Crippen molar-refractivity contribution in [2.24, 2.45) is 0 Å². The van der Waals surface area contributed by atoms with Gasteiger partial charge in [0.2, 0.25) is 5.78 Å². The van der Waals surface area contributed by atoms with Crippen LogP contribution in [0.1, 0.15) is 15.9 Å². The Hall–Kier alpha value is -2.73. The zero-order chi connectivity index (χ0) is 17.8. The quantitative estimate of drug-likeness (QED) is 0.603. The summed E-state index contributed by atoms with van der Waals surface area (Å²) in [5.74, 6) is 0.351. The SMILES string of the molecule is COC(=O)COc1c(/C=C2\Sc3ccccc3C2=O)cccc1OC. The highest BCUT2D eigenvalue weighted by Gasteiger charge is 2.26. The third-order valence-electron chi connectivity index (χ3n) is 3.65. The van der Waals surface area contributed by atoms with Gasteiger partial charge in [0, 0.05) is 16.0 Å². The van der Waals surface area contributed by atoms with Crippen molar-refractivity contribution < 1.29 is 23.8 Å². The summed E-state index contributed by atoms with van der Waals surface area (Å²) in [6.07, 6.45) is 1.75. The molecule has 1 aliphatic rings. The molecule has 0 radical (unpaired) electrons. The molecule has 3 rings (SSSR count). The van der Waals surface area contributed by atoms with Crippen LogP contribution in [-0.2, 0) is 9.53 Å². The van der Waals surface area contributed by atoms with Crippen LogP contribution in [0.25, 0.3) is 6.08 Å². The maximum absolute atomic E-state index is 12.5. The molecular formula is C19H16O5S. The van der Waals surface area contributed by atoms with Crippen LogP contribution < -0.4 is 9.47 Å². The van der Waals surface area contributed by atoms with E-state index in [1.807, 2.05) is 24.3 Å². The smallest absolute Gasteiger partial charge is 0.343 e. The Morgan fingerprint density at radius 1 is 1.12 bits per heavy atom. The molecule has 6 heteroatoms. The third-order valence-corrected chi connectivity index (χ3v) is 4.75. The van der Waals surface area contributed by atoms with Gasteiger partial charge < -0.3 is 14.2 Å². The number of allylic oxidation sites excluding steroid dienone is 1. The van der Waals surface area contributed by atoms with Crippen LogP contribution in [0.15, 0.2) is 52.3 Å². The highest BCUT2D eigenvalue weighted by atomic mass is 32.2. The normalized spacial score (nSPS) is 14.3. The molecule has 25 heavy (non-hydrogen) atoms. The lowest BCUT2D eigenvalue weighted by Gasteiger charge is -2.12. The minimum atomic E-state index is -0.497. The molecule has 0 aromatic heterocycles. The zero-order valence-corrected chi connectivity index (χ0v) is 14.6. The average Bonchev–Trinajstić information content (AvgIpc) is 2.96. The Kier molecular flexibility index (Phi) is 5.09. The standard InChI is InChI=1S/C19H16O5S/c1-22-14-8-5-6-12(19(14)24-11-17(20)23-2)10-16-18(21)13-7-3-4-9-15(13)25-16/h3-10H,11H2,1-2H3/b16-10-. The lowest BCUT2D eigenvalue weighted by Crippen LogP contribution is -2.13. The molecule has 0 fully saturated rings. The van der Waals surface area contributed by atoms with Crippen molar-refractivity contribution in [3.63, 3.8) is 0 Å². The fourth-order valence-corrected chi connectivity index (χ4v) is 3.47. The molecule has 5 nitrogen and oxygen atoms in total. The van der Waals surface area contributed by atoms with Crippen LogP contribution >= 0.6 is 11.8 Å². The van der Waals surface area contributed by atoms with E-state index in [1.54, 1.807) is 24.3 Å². The molecule has 0 unspecified atom stereocenters. The molecular weight excluding hydrogens is 340 g/mol. The largest absolute Gasteiger partial charge is 0.493 e. The molecule has 0 saturated carbocycles. The number of ketones is 1. The number of benzene rings is 2. The van der Waals surface area contributed by atoms with Crippen LogP contribution in [0.4, 0.5) is 0 Å². The maximum Gasteiger partial charge on any atom is 0.343 e. The van der Waals surface area contributed by atoms with Gasteiger partial charge in [0.25, 0.3) is 0 Å². The summed E-state index contributed by atoms with van der Waals surface area (Å²) in [7, 11) is 2.81. The number of para-hydroxylation sites is 1. The number of ether oxygens (including phenoxy) is 3. The molecule has 128 valence electrons. The number of methoxy groups -OCH3 is 2. The van der Waals surface area contributed by atoms with Crippen molar-refractivity contribution in [1.29, 1.82) is 0 Å². The van der Waals surface area contributed by atoms with Crippen molar-refractivity contribution in [3.05, 3.63) is 58.5 Å². The molecule has 0 atom stereocenters. The van der Waals surface area contributed by atoms with Crippen molar-refractivity contribution in [2.75, 3.05) is 20.8 Å². The number of rotatable bonds is 5. The highest BCUT2D eigenvalue weighted by molar-refractivity contribution is 8.04. The van der Waals surface area contributed by atoms with E-state index >= 15 is 0 Å². The summed E-state index contributed by atoms with van der Waals surface area (Å²) in [5, 5.41) is 0. The minimum Gasteiger partial charge on any atom is -0.493 e. The van der Waals surface area contributed by atoms with E-state index in [1.165, 1.54) is 26.0 Å². The lowest BCUT2D eigenvalue weighted by atomic mass is 10.1. The van der Waals surface area contributed by atoms with Crippen LogP contribution in [0.2, 0.25) is 0 Å². The predicted molar refractivity (Wildman–Crippen MR) is 95.1 cm³/mol. The Morgan fingerprint density at radius 3 is 2.64 bits per heavy atom. The molecule has 2 aromatic rings. The molecule has 0 amide bonds. The van der Waals surface area contributed by atoms with Gasteiger partial charge >= 0.3 is 5.97 Å². The third kappa shape index (κ3) is 3.53. The van der Waals surface area contributed by atoms with E-state index in [0.717, 1.165) is 4.90 Å². The fourth-order valence-electron chi connectivity index (χ4n) is 2.43. The van der Waals surface area contributed by atoms with Crippen molar-refractivity contribution in [1.82, 2.24) is 0 Å². The Balaban J connectivity index is 1.95. The van der Waals surface area contributed by atoms with E-state index in [2.05, 4.69) is 4.74 Å². The summed E-state index contributed by atoms with van der Waals surface area (Å²) in [4.78, 5) is 25.4. The van der Waals surface area contributed by atoms with Gasteiger partial charge in [-0.2, -0.15) is 0 Å². The van der Waals surface area contributed by atoms with Crippen LogP contribution in [0, 0.1) is 0 Å². The topological polar surface area (TPSA) is 61.8 Å². The monoisotopic (exact) mass is 356 g/mol. The number of Topliss-reactive ketones (excluding diaryl/α,β-unsaturated/α-hetero) is 1. The Morgan fingerprint density at radius 2 is 1.92 bits per heavy atom. The van der Waals surface area contributed by atoms with Crippen LogP contribution in [-0.4, -0.2) is 32.6 Å². The summed E-state index contributed by atoms with van der Waals surface area (Å²) in [5.41, 5.74) is 1.35. The summed E-state index contributed by atoms with van der Waals surface area (Å²) >= 11 is 1.41. The lowest BCUT2D eigenvalue weighted by molar-refractivity contribution is -0.142. The molecule has 0 aliphatic carbocycles. The second-order valence-corrected chi connectivity index (χ2v) is 6.26. The van der Waals surface area contributed by atoms with Crippen molar-refractivity contribution in [3.8, 4) is 11.5 Å². The first kappa shape index (κ1) is 17.1. The van der Waals surface area contributed by atoms with Gasteiger partial charge in [0.15, 0.2) is 18.1 Å². The second kappa shape index (κ2) is 7.44. The van der Waals surface area contributed by atoms with Gasteiger partial charge in [-0.25, -0.2) is 4.79 Å². The van der Waals surface area contributed by atoms with Gasteiger partial charge in [0.1, 0.15) is 0 Å². The number of fused-ring (bicyclic) bond motifs is 1. The van der Waals surface area contributed by atoms with Gasteiger partial charge in [-0.05, 0) is 24.3 Å². The Bertz CT molecular complexity index is 857. The highest BCUT2D eigenvalue weighted by Crippen LogP contribution is 2.42. The van der Waals surface area contributed by atoms with Gasteiger partial charge in [-0.15, -0.1) is 0 Å². The summed E-state index contributed by atoms with van der Waals surface area (Å²) < 4.78 is 15.5. The Labute approximate surface area is 149 Å². The van der Waals surface area contributed by atoms with Crippen LogP contribution in [0.3, 0.4) is 0 Å². The molecule has 0 N–H and O–H groups in total. The van der Waals surface area contributed by atoms with E-state index in [0.29, 0.717) is 27.5 Å². The van der Waals surface area contributed by atoms with Gasteiger partial charge in [-0.3, -0.25) is 4.79 Å². The number of hydrogen-bond donors (Lipinski definition) is 0. The van der Waals surface area contributed by atoms with E-state index < -0.39 is 5.97 Å². The average molecular weight is 356 g/mol. The maximum atomic E-state index is 12.5. The zero-order valence-electron chi connectivity index (χ0n) is 13.8. The molecule has 1 heterocycles. The fraction of sp³-hybridized carbons (Fsp3) is 0.158. The van der Waals surface area contributed by atoms with Crippen molar-refractivity contribution in [2.45, 2.75) is 4.90 Å².